The summed E-state index contributed by atoms with van der Waals surface area (Å²) in [5.41, 5.74) is 6.75. The highest BCUT2D eigenvalue weighted by molar-refractivity contribution is 5.92. The molecule has 0 saturated heterocycles. The number of ketones is 3. The van der Waals surface area contributed by atoms with Gasteiger partial charge in [-0.15, -0.1) is 0 Å². The number of urea groups is 1. The van der Waals surface area contributed by atoms with Gasteiger partial charge in [0.05, 0.1) is 5.92 Å². The van der Waals surface area contributed by atoms with Gasteiger partial charge in [0.15, 0.2) is 0 Å². The summed E-state index contributed by atoms with van der Waals surface area (Å²) < 4.78 is 5.24. The van der Waals surface area contributed by atoms with E-state index in [1.54, 1.807) is 13.8 Å². The summed E-state index contributed by atoms with van der Waals surface area (Å²) in [5, 5.41) is 2.52. The number of benzene rings is 1. The van der Waals surface area contributed by atoms with Crippen LogP contribution in [0.15, 0.2) is 24.3 Å². The molecule has 8 heteroatoms. The lowest BCUT2D eigenvalue weighted by molar-refractivity contribution is -0.148. The molecule has 0 spiro atoms. The average molecular weight is 517 g/mol. The lowest BCUT2D eigenvalue weighted by Crippen LogP contribution is -2.32. The van der Waals surface area contributed by atoms with Crippen molar-refractivity contribution in [3.8, 4) is 0 Å². The first kappa shape index (κ1) is 32.0. The monoisotopic (exact) mass is 516 g/mol. The molecule has 37 heavy (non-hydrogen) atoms. The number of esters is 1. The van der Waals surface area contributed by atoms with Crippen molar-refractivity contribution in [3.63, 3.8) is 0 Å². The second-order valence-electron chi connectivity index (χ2n) is 10.7. The van der Waals surface area contributed by atoms with Crippen molar-refractivity contribution in [3.05, 3.63) is 35.4 Å². The molecule has 0 aromatic heterocycles. The molecule has 3 N–H and O–H groups in total. The third-order valence-electron chi connectivity index (χ3n) is 6.47. The molecule has 1 aromatic rings. The fraction of sp³-hybridized carbons (Fsp3) is 0.621. The molecule has 2 amide bonds. The Labute approximate surface area is 221 Å². The minimum atomic E-state index is -0.634. The van der Waals surface area contributed by atoms with Gasteiger partial charge in [0.25, 0.3) is 0 Å². The van der Waals surface area contributed by atoms with Crippen LogP contribution in [0.25, 0.3) is 0 Å². The van der Waals surface area contributed by atoms with E-state index in [-0.39, 0.29) is 66.9 Å². The van der Waals surface area contributed by atoms with Crippen LogP contribution in [0.2, 0.25) is 0 Å². The Hall–Kier alpha value is -3.03. The molecule has 1 aromatic carbocycles. The van der Waals surface area contributed by atoms with Crippen molar-refractivity contribution < 1.29 is 28.7 Å². The van der Waals surface area contributed by atoms with Gasteiger partial charge in [-0.05, 0) is 29.9 Å². The van der Waals surface area contributed by atoms with E-state index >= 15 is 0 Å². The van der Waals surface area contributed by atoms with Crippen LogP contribution in [0.1, 0.15) is 78.4 Å². The molecule has 0 fully saturated rings. The van der Waals surface area contributed by atoms with Gasteiger partial charge in [-0.3, -0.25) is 19.2 Å². The van der Waals surface area contributed by atoms with E-state index in [0.29, 0.717) is 19.4 Å². The molecule has 0 heterocycles. The van der Waals surface area contributed by atoms with Gasteiger partial charge in [0.2, 0.25) is 0 Å². The van der Waals surface area contributed by atoms with E-state index in [1.165, 1.54) is 0 Å². The summed E-state index contributed by atoms with van der Waals surface area (Å²) in [6.07, 6.45) is 1.33. The quantitative estimate of drug-likeness (QED) is 0.233. The molecule has 0 bridgehead atoms. The largest absolute Gasteiger partial charge is 0.461 e. The van der Waals surface area contributed by atoms with Crippen molar-refractivity contribution >= 4 is 29.4 Å². The minimum Gasteiger partial charge on any atom is -0.461 e. The Morgan fingerprint density at radius 3 is 1.92 bits per heavy atom. The first-order valence-electron chi connectivity index (χ1n) is 13.2. The number of nitrogens with two attached hydrogens (primary N) is 1. The Balaban J connectivity index is 2.91. The van der Waals surface area contributed by atoms with Crippen LogP contribution in [0.3, 0.4) is 0 Å². The highest BCUT2D eigenvalue weighted by Gasteiger charge is 2.30. The number of carbonyl (C=O) groups excluding carboxylic acids is 5. The molecule has 2 atom stereocenters. The van der Waals surface area contributed by atoms with E-state index in [2.05, 4.69) is 5.32 Å². The first-order valence-corrected chi connectivity index (χ1v) is 13.2. The number of nitrogens with one attached hydrogen (secondary N) is 1. The maximum atomic E-state index is 13.3. The number of Topliss-reactive ketones (excluding diaryl/α,β-unsaturated/α-hetero) is 3. The number of ether oxygens (including phenoxy) is 1. The Morgan fingerprint density at radius 2 is 1.41 bits per heavy atom. The van der Waals surface area contributed by atoms with Crippen LogP contribution in [-0.4, -0.2) is 35.9 Å². The second-order valence-corrected chi connectivity index (χ2v) is 10.7. The maximum Gasteiger partial charge on any atom is 0.312 e. The minimum absolute atomic E-state index is 0.0141. The van der Waals surface area contributed by atoms with Gasteiger partial charge in [-0.2, -0.15) is 0 Å². The zero-order valence-electron chi connectivity index (χ0n) is 23.2. The van der Waals surface area contributed by atoms with Crippen molar-refractivity contribution in [2.45, 2.75) is 80.3 Å². The molecule has 8 nitrogen and oxygen atoms in total. The van der Waals surface area contributed by atoms with Crippen LogP contribution < -0.4 is 11.1 Å². The molecule has 0 radical (unpaired) electrons. The van der Waals surface area contributed by atoms with E-state index in [0.717, 1.165) is 11.1 Å². The van der Waals surface area contributed by atoms with Crippen molar-refractivity contribution in [2.24, 2.45) is 35.3 Å². The zero-order valence-corrected chi connectivity index (χ0v) is 23.2. The van der Waals surface area contributed by atoms with Gasteiger partial charge in [-0.1, -0.05) is 65.8 Å². The Kier molecular flexibility index (Phi) is 13.8. The lowest BCUT2D eigenvalue weighted by atomic mass is 9.79. The van der Waals surface area contributed by atoms with E-state index in [9.17, 15) is 24.0 Å². The Morgan fingerprint density at radius 1 is 0.811 bits per heavy atom. The van der Waals surface area contributed by atoms with Gasteiger partial charge in [0.1, 0.15) is 24.0 Å². The summed E-state index contributed by atoms with van der Waals surface area (Å²) in [4.78, 5) is 61.5. The van der Waals surface area contributed by atoms with Crippen LogP contribution in [0.5, 0.6) is 0 Å². The highest BCUT2D eigenvalue weighted by atomic mass is 16.5. The fourth-order valence-corrected chi connectivity index (χ4v) is 3.92. The van der Waals surface area contributed by atoms with Crippen LogP contribution in [0.4, 0.5) is 4.79 Å². The van der Waals surface area contributed by atoms with Crippen molar-refractivity contribution in [2.75, 3.05) is 6.54 Å². The molecular weight excluding hydrogens is 472 g/mol. The summed E-state index contributed by atoms with van der Waals surface area (Å²) in [6.45, 7) is 11.5. The molecule has 0 unspecified atom stereocenters. The van der Waals surface area contributed by atoms with Crippen LogP contribution in [-0.2, 0) is 36.9 Å². The standard InChI is InChI=1S/C29H44N2O6/c1-18(2)24(16-25(32)19(3)4)27(34)15-23(8-7-13-31-29(30)36)26(33)14-21-9-11-22(12-10-21)17-37-28(35)20(5)6/h9-12,18-20,23-24H,7-8,13-17H2,1-6H3,(H3,30,31,36)/t23-,24+/m1/s1. The zero-order chi connectivity index (χ0) is 28.1. The average Bonchev–Trinajstić information content (AvgIpc) is 2.82. The highest BCUT2D eigenvalue weighted by Crippen LogP contribution is 2.25. The number of primary amides is 1. The van der Waals surface area contributed by atoms with Crippen LogP contribution >= 0.6 is 0 Å². The third kappa shape index (κ3) is 12.2. The third-order valence-corrected chi connectivity index (χ3v) is 6.47. The second kappa shape index (κ2) is 15.9. The van der Waals surface area contributed by atoms with Gasteiger partial charge in [0, 0.05) is 43.6 Å². The smallest absolute Gasteiger partial charge is 0.312 e. The topological polar surface area (TPSA) is 133 Å². The van der Waals surface area contributed by atoms with E-state index < -0.39 is 17.9 Å². The van der Waals surface area contributed by atoms with Gasteiger partial charge >= 0.3 is 12.0 Å². The molecule has 0 saturated carbocycles. The maximum absolute atomic E-state index is 13.3. The summed E-state index contributed by atoms with van der Waals surface area (Å²) >= 11 is 0. The van der Waals surface area contributed by atoms with Crippen LogP contribution in [0, 0.1) is 29.6 Å². The van der Waals surface area contributed by atoms with Gasteiger partial charge in [-0.25, -0.2) is 4.79 Å². The first-order chi connectivity index (χ1) is 17.3. The van der Waals surface area contributed by atoms with Crippen molar-refractivity contribution in [1.29, 1.82) is 0 Å². The fourth-order valence-electron chi connectivity index (χ4n) is 3.92. The summed E-state index contributed by atoms with van der Waals surface area (Å²) in [6, 6.07) is 6.65. The predicted molar refractivity (Wildman–Crippen MR) is 143 cm³/mol. The number of amides is 2. The molecule has 0 aliphatic rings. The van der Waals surface area contributed by atoms with E-state index in [4.69, 9.17) is 10.5 Å². The van der Waals surface area contributed by atoms with E-state index in [1.807, 2.05) is 52.0 Å². The number of rotatable bonds is 17. The Bertz CT molecular complexity index is 921. The van der Waals surface area contributed by atoms with Crippen molar-refractivity contribution in [1.82, 2.24) is 5.32 Å². The molecule has 0 aliphatic heterocycles. The van der Waals surface area contributed by atoms with Gasteiger partial charge < -0.3 is 15.8 Å². The molecule has 0 aliphatic carbocycles. The molecular formula is C29H44N2O6. The predicted octanol–water partition coefficient (Wildman–Crippen LogP) is 4.41. The molecule has 1 rings (SSSR count). The number of hydrogen-bond donors (Lipinski definition) is 2. The summed E-state index contributed by atoms with van der Waals surface area (Å²) in [5.74, 6) is -1.69. The summed E-state index contributed by atoms with van der Waals surface area (Å²) in [7, 11) is 0. The lowest BCUT2D eigenvalue weighted by Gasteiger charge is -2.23. The normalized spacial score (nSPS) is 12.9. The number of hydrogen-bond acceptors (Lipinski definition) is 6. The number of carbonyl (C=O) groups is 5. The SMILES string of the molecule is CC(C)C(=O)C[C@H](C(=O)C[C@@H](CCCNC(N)=O)C(=O)Cc1ccc(COC(=O)C(C)C)cc1)C(C)C. The molecule has 206 valence electrons.